The first-order valence-corrected chi connectivity index (χ1v) is 7.39. The van der Waals surface area contributed by atoms with Crippen LogP contribution in [0.3, 0.4) is 0 Å². The lowest BCUT2D eigenvalue weighted by Crippen LogP contribution is -2.28. The second-order valence-corrected chi connectivity index (χ2v) is 5.69. The van der Waals surface area contributed by atoms with Crippen molar-refractivity contribution in [3.05, 3.63) is 52.9 Å². The van der Waals surface area contributed by atoms with Crippen LogP contribution >= 0.6 is 28.1 Å². The molecule has 0 saturated carbocycles. The molecule has 0 unspecified atom stereocenters. The van der Waals surface area contributed by atoms with E-state index in [-0.39, 0.29) is 0 Å². The Morgan fingerprint density at radius 3 is 2.75 bits per heavy atom. The molecule has 2 heterocycles. The van der Waals surface area contributed by atoms with E-state index in [1.807, 2.05) is 30.5 Å². The molecule has 0 aliphatic rings. The van der Waals surface area contributed by atoms with Crippen LogP contribution in [0.4, 0.5) is 5.82 Å². The minimum absolute atomic E-state index is 0.508. The lowest BCUT2D eigenvalue weighted by Gasteiger charge is -2.24. The van der Waals surface area contributed by atoms with E-state index in [0.29, 0.717) is 18.0 Å². The maximum absolute atomic E-state index is 5.61. The highest BCUT2D eigenvalue weighted by molar-refractivity contribution is 9.10. The molecular formula is C14H15BrN4S. The number of hydrogen-bond donors (Lipinski definition) is 1. The summed E-state index contributed by atoms with van der Waals surface area (Å²) in [6.45, 7) is 1.44. The smallest absolute Gasteiger partial charge is 0.143 e. The fourth-order valence-corrected chi connectivity index (χ4v) is 2.42. The predicted octanol–water partition coefficient (Wildman–Crippen LogP) is 2.92. The van der Waals surface area contributed by atoms with E-state index in [9.17, 15) is 0 Å². The Morgan fingerprint density at radius 2 is 2.10 bits per heavy atom. The lowest BCUT2D eigenvalue weighted by atomic mass is 10.2. The van der Waals surface area contributed by atoms with Crippen LogP contribution in [0.5, 0.6) is 0 Å². The molecule has 2 N–H and O–H groups in total. The normalized spacial score (nSPS) is 10.2. The summed E-state index contributed by atoms with van der Waals surface area (Å²) in [7, 11) is 0. The van der Waals surface area contributed by atoms with Gasteiger partial charge < -0.3 is 10.6 Å². The summed E-state index contributed by atoms with van der Waals surface area (Å²) >= 11 is 8.50. The topological polar surface area (TPSA) is 55.0 Å². The maximum Gasteiger partial charge on any atom is 0.143 e. The van der Waals surface area contributed by atoms with Gasteiger partial charge in [-0.1, -0.05) is 18.3 Å². The molecule has 0 fully saturated rings. The van der Waals surface area contributed by atoms with Gasteiger partial charge in [0, 0.05) is 38.1 Å². The number of hydrogen-bond acceptors (Lipinski definition) is 4. The average molecular weight is 351 g/mol. The highest BCUT2D eigenvalue weighted by atomic mass is 79.9. The Bertz CT molecular complexity index is 576. The molecule has 20 heavy (non-hydrogen) atoms. The largest absolute Gasteiger partial charge is 0.393 e. The van der Waals surface area contributed by atoms with Crippen molar-refractivity contribution in [1.82, 2.24) is 9.97 Å². The molecule has 0 atom stereocenters. The molecule has 0 aliphatic heterocycles. The standard InChI is InChI=1S/C14H15BrN4S/c15-12-4-2-7-18-14(12)19(8-5-13(16)20)10-11-3-1-6-17-9-11/h1-4,6-7,9H,5,8,10H2,(H2,16,20). The van der Waals surface area contributed by atoms with Crippen molar-refractivity contribution in [1.29, 1.82) is 0 Å². The summed E-state index contributed by atoms with van der Waals surface area (Å²) in [6.07, 6.45) is 6.04. The fraction of sp³-hybridized carbons (Fsp3) is 0.214. The third-order valence-corrected chi connectivity index (χ3v) is 3.59. The van der Waals surface area contributed by atoms with Crippen molar-refractivity contribution in [2.24, 2.45) is 5.73 Å². The van der Waals surface area contributed by atoms with Crippen LogP contribution in [0.2, 0.25) is 0 Å². The van der Waals surface area contributed by atoms with Crippen LogP contribution in [0.25, 0.3) is 0 Å². The Kier molecular flexibility index (Phi) is 5.43. The average Bonchev–Trinajstić information content (AvgIpc) is 2.45. The van der Waals surface area contributed by atoms with Crippen LogP contribution in [0.15, 0.2) is 47.3 Å². The van der Waals surface area contributed by atoms with E-state index in [4.69, 9.17) is 18.0 Å². The first-order valence-electron chi connectivity index (χ1n) is 6.19. The molecule has 0 radical (unpaired) electrons. The first kappa shape index (κ1) is 14.9. The fourth-order valence-electron chi connectivity index (χ4n) is 1.83. The summed E-state index contributed by atoms with van der Waals surface area (Å²) in [4.78, 5) is 11.2. The van der Waals surface area contributed by atoms with E-state index >= 15 is 0 Å². The summed E-state index contributed by atoms with van der Waals surface area (Å²) in [6, 6.07) is 7.83. The number of halogens is 1. The van der Waals surface area contributed by atoms with Gasteiger partial charge in [0.2, 0.25) is 0 Å². The number of thiocarbonyl (C=S) groups is 1. The molecule has 0 bridgehead atoms. The van der Waals surface area contributed by atoms with Gasteiger partial charge >= 0.3 is 0 Å². The zero-order chi connectivity index (χ0) is 14.4. The number of rotatable bonds is 6. The number of aromatic nitrogens is 2. The molecule has 0 amide bonds. The maximum atomic E-state index is 5.61. The lowest BCUT2D eigenvalue weighted by molar-refractivity contribution is 0.785. The molecule has 2 aromatic heterocycles. The van der Waals surface area contributed by atoms with Crippen LogP contribution in [-0.4, -0.2) is 21.5 Å². The van der Waals surface area contributed by atoms with Gasteiger partial charge in [-0.25, -0.2) is 4.98 Å². The van der Waals surface area contributed by atoms with Crippen molar-refractivity contribution < 1.29 is 0 Å². The Labute approximate surface area is 132 Å². The SMILES string of the molecule is NC(=S)CCN(Cc1cccnc1)c1ncccc1Br. The monoisotopic (exact) mass is 350 g/mol. The van der Waals surface area contributed by atoms with E-state index in [2.05, 4.69) is 30.8 Å². The second kappa shape index (κ2) is 7.31. The molecular weight excluding hydrogens is 336 g/mol. The third-order valence-electron chi connectivity index (χ3n) is 2.76. The zero-order valence-corrected chi connectivity index (χ0v) is 13.3. The van der Waals surface area contributed by atoms with Crippen molar-refractivity contribution in [2.75, 3.05) is 11.4 Å². The minimum atomic E-state index is 0.508. The second-order valence-electron chi connectivity index (χ2n) is 4.31. The van der Waals surface area contributed by atoms with Crippen molar-refractivity contribution in [3.63, 3.8) is 0 Å². The van der Waals surface area contributed by atoms with E-state index in [1.165, 1.54) is 0 Å². The molecule has 0 saturated heterocycles. The van der Waals surface area contributed by atoms with Gasteiger partial charge in [0.15, 0.2) is 0 Å². The summed E-state index contributed by atoms with van der Waals surface area (Å²) in [5, 5.41) is 0. The number of nitrogens with two attached hydrogens (primary N) is 1. The number of nitrogens with zero attached hydrogens (tertiary/aromatic N) is 3. The van der Waals surface area contributed by atoms with Gasteiger partial charge in [0.25, 0.3) is 0 Å². The van der Waals surface area contributed by atoms with Gasteiger partial charge in [-0.2, -0.15) is 0 Å². The summed E-state index contributed by atoms with van der Waals surface area (Å²) in [5.41, 5.74) is 6.73. The Balaban J connectivity index is 2.20. The quantitative estimate of drug-likeness (QED) is 0.811. The van der Waals surface area contributed by atoms with Gasteiger partial charge in [-0.15, -0.1) is 0 Å². The predicted molar refractivity (Wildman–Crippen MR) is 88.6 cm³/mol. The molecule has 4 nitrogen and oxygen atoms in total. The molecule has 2 rings (SSSR count). The molecule has 2 aromatic rings. The van der Waals surface area contributed by atoms with Crippen LogP contribution in [0, 0.1) is 0 Å². The van der Waals surface area contributed by atoms with Gasteiger partial charge in [0.1, 0.15) is 5.82 Å². The van der Waals surface area contributed by atoms with Gasteiger partial charge in [0.05, 0.1) is 9.46 Å². The van der Waals surface area contributed by atoms with Gasteiger partial charge in [-0.3, -0.25) is 4.98 Å². The number of anilines is 1. The highest BCUT2D eigenvalue weighted by Gasteiger charge is 2.12. The van der Waals surface area contributed by atoms with Gasteiger partial charge in [-0.05, 0) is 39.7 Å². The Hall–Kier alpha value is -1.53. The zero-order valence-electron chi connectivity index (χ0n) is 10.9. The highest BCUT2D eigenvalue weighted by Crippen LogP contribution is 2.24. The molecule has 6 heteroatoms. The van der Waals surface area contributed by atoms with Crippen molar-refractivity contribution in [3.8, 4) is 0 Å². The summed E-state index contributed by atoms with van der Waals surface area (Å²) in [5.74, 6) is 0.882. The van der Waals surface area contributed by atoms with E-state index in [1.54, 1.807) is 12.4 Å². The third kappa shape index (κ3) is 4.25. The molecule has 0 aromatic carbocycles. The van der Waals surface area contributed by atoms with Crippen molar-refractivity contribution >= 4 is 39.0 Å². The minimum Gasteiger partial charge on any atom is -0.393 e. The van der Waals surface area contributed by atoms with Crippen LogP contribution in [0.1, 0.15) is 12.0 Å². The van der Waals surface area contributed by atoms with Crippen LogP contribution < -0.4 is 10.6 Å². The number of pyridine rings is 2. The van der Waals surface area contributed by atoms with E-state index < -0.39 is 0 Å². The molecule has 104 valence electrons. The molecule has 0 spiro atoms. The van der Waals surface area contributed by atoms with Crippen LogP contribution in [-0.2, 0) is 6.54 Å². The van der Waals surface area contributed by atoms with Crippen molar-refractivity contribution in [2.45, 2.75) is 13.0 Å². The Morgan fingerprint density at radius 1 is 1.30 bits per heavy atom. The summed E-state index contributed by atoms with van der Waals surface area (Å²) < 4.78 is 0.951. The molecule has 0 aliphatic carbocycles. The first-order chi connectivity index (χ1) is 9.66. The van der Waals surface area contributed by atoms with E-state index in [0.717, 1.165) is 22.4 Å².